The third-order valence-electron chi connectivity index (χ3n) is 5.75. The van der Waals surface area contributed by atoms with Gasteiger partial charge in [0.05, 0.1) is 5.75 Å². The minimum absolute atomic E-state index is 0.0125. The number of likely N-dealkylation sites (tertiary alicyclic amines) is 1. The number of amides is 2. The molecule has 4 rings (SSSR count). The molecule has 0 unspecified atom stereocenters. The number of halogens is 2. The van der Waals surface area contributed by atoms with Gasteiger partial charge in [0, 0.05) is 50.0 Å². The Kier molecular flexibility index (Phi) is 6.63. The van der Waals surface area contributed by atoms with Crippen molar-refractivity contribution in [1.82, 2.24) is 19.4 Å². The van der Waals surface area contributed by atoms with E-state index in [9.17, 15) is 26.8 Å². The summed E-state index contributed by atoms with van der Waals surface area (Å²) < 4.78 is 53.9. The maximum absolute atomic E-state index is 14.0. The largest absolute Gasteiger partial charge is 0.282 e. The fourth-order valence-corrected chi connectivity index (χ4v) is 6.42. The van der Waals surface area contributed by atoms with Gasteiger partial charge < -0.3 is 0 Å². The number of imide groups is 1. The van der Waals surface area contributed by atoms with Crippen LogP contribution in [-0.4, -0.2) is 65.0 Å². The van der Waals surface area contributed by atoms with Crippen LogP contribution in [0.5, 0.6) is 0 Å². The molecule has 2 aromatic rings. The zero-order chi connectivity index (χ0) is 22.9. The van der Waals surface area contributed by atoms with Gasteiger partial charge in [-0.3, -0.25) is 14.5 Å². The minimum Gasteiger partial charge on any atom is -0.282 e. The third kappa shape index (κ3) is 4.86. The standard InChI is InChI=1S/C20H22F2N4O4S2/c21-14-4-5-15(16(22)12-14)20-24-23-19(31-20)13-6-8-25(9-7-13)32(29,30)11-10-26-17(27)2-1-3-18(26)28/h4-5,12-13H,1-3,6-11H2. The lowest BCUT2D eigenvalue weighted by Crippen LogP contribution is -2.46. The fraction of sp³-hybridized carbons (Fsp3) is 0.500. The number of hydrogen-bond donors (Lipinski definition) is 0. The van der Waals surface area contributed by atoms with Crippen molar-refractivity contribution >= 4 is 33.2 Å². The van der Waals surface area contributed by atoms with Crippen molar-refractivity contribution in [3.05, 3.63) is 34.8 Å². The summed E-state index contributed by atoms with van der Waals surface area (Å²) in [7, 11) is -3.61. The first kappa shape index (κ1) is 22.9. The van der Waals surface area contributed by atoms with E-state index in [2.05, 4.69) is 10.2 Å². The predicted octanol–water partition coefficient (Wildman–Crippen LogP) is 2.53. The first-order valence-electron chi connectivity index (χ1n) is 10.3. The molecule has 8 nitrogen and oxygen atoms in total. The van der Waals surface area contributed by atoms with E-state index in [-0.39, 0.29) is 61.5 Å². The number of benzene rings is 1. The molecule has 172 valence electrons. The molecule has 1 aromatic carbocycles. The number of hydrogen-bond acceptors (Lipinski definition) is 7. The van der Waals surface area contributed by atoms with E-state index in [1.165, 1.54) is 21.7 Å². The van der Waals surface area contributed by atoms with Crippen LogP contribution in [-0.2, 0) is 19.6 Å². The van der Waals surface area contributed by atoms with Crippen LogP contribution in [0.4, 0.5) is 8.78 Å². The van der Waals surface area contributed by atoms with Crippen molar-refractivity contribution < 1.29 is 26.8 Å². The molecule has 32 heavy (non-hydrogen) atoms. The maximum atomic E-state index is 14.0. The van der Waals surface area contributed by atoms with Gasteiger partial charge in [0.25, 0.3) is 0 Å². The molecule has 0 saturated carbocycles. The molecular formula is C20H22F2N4O4S2. The third-order valence-corrected chi connectivity index (χ3v) is 8.72. The SMILES string of the molecule is O=C1CCCC(=O)N1CCS(=O)(=O)N1CCC(c2nnc(-c3ccc(F)cc3F)s2)CC1. The average molecular weight is 485 g/mol. The van der Waals surface area contributed by atoms with Gasteiger partial charge >= 0.3 is 0 Å². The minimum atomic E-state index is -3.61. The van der Waals surface area contributed by atoms with Crippen molar-refractivity contribution in [2.45, 2.75) is 38.0 Å². The Morgan fingerprint density at radius 2 is 1.75 bits per heavy atom. The van der Waals surface area contributed by atoms with Crippen LogP contribution in [0.3, 0.4) is 0 Å². The lowest BCUT2D eigenvalue weighted by molar-refractivity contribution is -0.147. The molecule has 2 fully saturated rings. The van der Waals surface area contributed by atoms with Crippen LogP contribution >= 0.6 is 11.3 Å². The zero-order valence-electron chi connectivity index (χ0n) is 17.2. The van der Waals surface area contributed by atoms with Crippen molar-refractivity contribution in [2.24, 2.45) is 0 Å². The van der Waals surface area contributed by atoms with Crippen LogP contribution in [0.25, 0.3) is 10.6 Å². The number of carbonyl (C=O) groups excluding carboxylic acids is 2. The molecule has 2 aliphatic heterocycles. The molecule has 2 aliphatic rings. The highest BCUT2D eigenvalue weighted by atomic mass is 32.2. The fourth-order valence-electron chi connectivity index (χ4n) is 3.94. The first-order valence-corrected chi connectivity index (χ1v) is 12.8. The van der Waals surface area contributed by atoms with E-state index in [1.807, 2.05) is 0 Å². The second-order valence-electron chi connectivity index (χ2n) is 7.85. The summed E-state index contributed by atoms with van der Waals surface area (Å²) in [6.07, 6.45) is 2.10. The summed E-state index contributed by atoms with van der Waals surface area (Å²) in [5, 5.41) is 9.20. The molecule has 0 aliphatic carbocycles. The summed E-state index contributed by atoms with van der Waals surface area (Å²) in [6.45, 7) is 0.451. The topological polar surface area (TPSA) is 101 Å². The van der Waals surface area contributed by atoms with Gasteiger partial charge in [-0.05, 0) is 31.4 Å². The van der Waals surface area contributed by atoms with Gasteiger partial charge in [0.1, 0.15) is 16.6 Å². The Morgan fingerprint density at radius 1 is 1.06 bits per heavy atom. The Balaban J connectivity index is 1.35. The van der Waals surface area contributed by atoms with Gasteiger partial charge in [-0.15, -0.1) is 10.2 Å². The smallest absolute Gasteiger partial charge is 0.229 e. The van der Waals surface area contributed by atoms with Crippen LogP contribution in [0.2, 0.25) is 0 Å². The van der Waals surface area contributed by atoms with Gasteiger partial charge in [0.2, 0.25) is 21.8 Å². The van der Waals surface area contributed by atoms with Gasteiger partial charge in [-0.25, -0.2) is 21.5 Å². The van der Waals surface area contributed by atoms with Crippen molar-refractivity contribution in [2.75, 3.05) is 25.4 Å². The predicted molar refractivity (Wildman–Crippen MR) is 113 cm³/mol. The number of sulfonamides is 1. The summed E-state index contributed by atoms with van der Waals surface area (Å²) in [5.74, 6) is -2.32. The second-order valence-corrected chi connectivity index (χ2v) is 10.9. The van der Waals surface area contributed by atoms with Gasteiger partial charge in [0.15, 0.2) is 5.01 Å². The number of carbonyl (C=O) groups is 2. The molecule has 3 heterocycles. The van der Waals surface area contributed by atoms with Crippen molar-refractivity contribution in [1.29, 1.82) is 0 Å². The summed E-state index contributed by atoms with van der Waals surface area (Å²) in [4.78, 5) is 24.8. The van der Waals surface area contributed by atoms with Gasteiger partial charge in [-0.1, -0.05) is 11.3 Å². The molecule has 2 saturated heterocycles. The van der Waals surface area contributed by atoms with E-state index in [0.29, 0.717) is 29.3 Å². The molecule has 0 N–H and O–H groups in total. The van der Waals surface area contributed by atoms with Crippen molar-refractivity contribution in [3.63, 3.8) is 0 Å². The number of piperidine rings is 2. The number of aromatic nitrogens is 2. The maximum Gasteiger partial charge on any atom is 0.229 e. The Bertz CT molecular complexity index is 1110. The summed E-state index contributed by atoms with van der Waals surface area (Å²) in [6, 6.07) is 3.28. The lowest BCUT2D eigenvalue weighted by Gasteiger charge is -2.31. The molecule has 12 heteroatoms. The Hall–Kier alpha value is -2.31. The highest BCUT2D eigenvalue weighted by Gasteiger charge is 2.32. The van der Waals surface area contributed by atoms with E-state index in [4.69, 9.17) is 0 Å². The second kappa shape index (κ2) is 9.28. The molecule has 0 radical (unpaired) electrons. The summed E-state index contributed by atoms with van der Waals surface area (Å²) in [5.41, 5.74) is 0.178. The Morgan fingerprint density at radius 3 is 2.41 bits per heavy atom. The lowest BCUT2D eigenvalue weighted by atomic mass is 9.99. The Labute approximate surface area is 188 Å². The van der Waals surface area contributed by atoms with Crippen LogP contribution in [0, 0.1) is 11.6 Å². The number of nitrogens with zero attached hydrogens (tertiary/aromatic N) is 4. The van der Waals surface area contributed by atoms with Crippen molar-refractivity contribution in [3.8, 4) is 10.6 Å². The first-order chi connectivity index (χ1) is 15.2. The number of rotatable bonds is 6. The monoisotopic (exact) mass is 484 g/mol. The highest BCUT2D eigenvalue weighted by Crippen LogP contribution is 2.35. The molecule has 2 amide bonds. The van der Waals surface area contributed by atoms with E-state index < -0.39 is 21.7 Å². The molecule has 0 spiro atoms. The molecule has 1 aromatic heterocycles. The normalized spacial score (nSPS) is 19.0. The summed E-state index contributed by atoms with van der Waals surface area (Å²) >= 11 is 1.22. The quantitative estimate of drug-likeness (QED) is 0.584. The van der Waals surface area contributed by atoms with Crippen LogP contribution < -0.4 is 0 Å². The highest BCUT2D eigenvalue weighted by molar-refractivity contribution is 7.89. The molecule has 0 atom stereocenters. The van der Waals surface area contributed by atoms with Crippen LogP contribution in [0.15, 0.2) is 18.2 Å². The van der Waals surface area contributed by atoms with Crippen LogP contribution in [0.1, 0.15) is 43.0 Å². The van der Waals surface area contributed by atoms with E-state index >= 15 is 0 Å². The zero-order valence-corrected chi connectivity index (χ0v) is 18.8. The molecular weight excluding hydrogens is 462 g/mol. The average Bonchev–Trinajstić information content (AvgIpc) is 3.23. The van der Waals surface area contributed by atoms with E-state index in [0.717, 1.165) is 17.0 Å². The van der Waals surface area contributed by atoms with E-state index in [1.54, 1.807) is 0 Å². The molecule has 0 bridgehead atoms. The van der Waals surface area contributed by atoms with Gasteiger partial charge in [-0.2, -0.15) is 0 Å².